The summed E-state index contributed by atoms with van der Waals surface area (Å²) in [5.74, 6) is 2.47. The first-order chi connectivity index (χ1) is 30.2. The van der Waals surface area contributed by atoms with Crippen molar-refractivity contribution in [3.63, 3.8) is 0 Å². The highest BCUT2D eigenvalue weighted by molar-refractivity contribution is 6.24. The molecular formula is C44H61FN10O8. The first kappa shape index (κ1) is 48.1. The maximum atomic E-state index is 15.4. The number of carboxylic acid groups (broad SMARTS) is 1. The van der Waals surface area contributed by atoms with Crippen molar-refractivity contribution < 1.29 is 43.1 Å². The van der Waals surface area contributed by atoms with Gasteiger partial charge >= 0.3 is 5.97 Å². The smallest absolute Gasteiger partial charge is 0.337 e. The summed E-state index contributed by atoms with van der Waals surface area (Å²) in [6.07, 6.45) is 8.29. The number of allylic oxidation sites excluding steroid dienone is 1. The second-order valence-electron chi connectivity index (χ2n) is 16.2. The Morgan fingerprint density at radius 2 is 1.73 bits per heavy atom. The van der Waals surface area contributed by atoms with E-state index in [0.29, 0.717) is 94.7 Å². The van der Waals surface area contributed by atoms with Gasteiger partial charge in [-0.3, -0.25) is 49.9 Å². The van der Waals surface area contributed by atoms with Crippen LogP contribution < -0.4 is 37.0 Å². The lowest BCUT2D eigenvalue weighted by molar-refractivity contribution is -0.171. The number of hydroxylamine groups is 2. The van der Waals surface area contributed by atoms with Crippen LogP contribution in [0.4, 0.5) is 21.5 Å². The molecule has 3 heterocycles. The van der Waals surface area contributed by atoms with Gasteiger partial charge in [0.1, 0.15) is 18.1 Å². The number of nitrogens with one attached hydrogen (secondary N) is 5. The lowest BCUT2D eigenvalue weighted by Gasteiger charge is -2.36. The van der Waals surface area contributed by atoms with Gasteiger partial charge < -0.3 is 30.9 Å². The fraction of sp³-hybridized carbons (Fsp3) is 0.500. The minimum atomic E-state index is -1.79. The summed E-state index contributed by atoms with van der Waals surface area (Å²) in [4.78, 5) is 82.9. The normalized spacial score (nSPS) is 17.5. The van der Waals surface area contributed by atoms with Crippen LogP contribution in [-0.2, 0) is 35.4 Å². The number of fused-ring (bicyclic) bond motifs is 1. The van der Waals surface area contributed by atoms with Gasteiger partial charge in [0.2, 0.25) is 23.5 Å². The molecule has 2 aliphatic rings. The molecule has 2 aliphatic heterocycles. The molecule has 0 saturated carbocycles. The molecule has 2 aromatic carbocycles. The van der Waals surface area contributed by atoms with Crippen molar-refractivity contribution >= 4 is 52.8 Å². The number of hydrogen-bond donors (Lipinski definition) is 7. The van der Waals surface area contributed by atoms with Crippen molar-refractivity contribution in [2.75, 3.05) is 60.9 Å². The molecule has 342 valence electrons. The number of halogens is 1. The number of nitrogens with zero attached hydrogens (tertiary/aromatic N) is 4. The number of piperazine rings is 1. The molecule has 0 bridgehead atoms. The molecule has 63 heavy (non-hydrogen) atoms. The number of aromatic amines is 1. The second-order valence-corrected chi connectivity index (χ2v) is 16.2. The topological polar surface area (TPSA) is 236 Å². The Morgan fingerprint density at radius 3 is 2.37 bits per heavy atom. The van der Waals surface area contributed by atoms with E-state index in [2.05, 4.69) is 26.5 Å². The van der Waals surface area contributed by atoms with Gasteiger partial charge in [0.15, 0.2) is 5.54 Å². The SMILES string of the molecule is CCN1c2cc(N3CCN(OCc4ccc(NC(=O)[C@H](CCCNN)n5cc([C@@H](NC(=O)CCCCCNC(=O)/C=C\C=O)C(C)C)[nH]5)cc4)CC3)c(F)cc2C(=O)[C@@]1(C)C(=O)O. The molecule has 1 fully saturated rings. The summed E-state index contributed by atoms with van der Waals surface area (Å²) in [6.45, 7) is 10.5. The number of hydrogen-bond acceptors (Lipinski definition) is 12. The molecule has 19 heteroatoms. The van der Waals surface area contributed by atoms with E-state index in [9.17, 15) is 33.9 Å². The van der Waals surface area contributed by atoms with Gasteiger partial charge in [-0.15, -0.1) is 0 Å². The second kappa shape index (κ2) is 22.5. The van der Waals surface area contributed by atoms with Crippen LogP contribution in [0.1, 0.15) is 99.9 Å². The Balaban J connectivity index is 1.09. The lowest BCUT2D eigenvalue weighted by Crippen LogP contribution is -2.54. The first-order valence-electron chi connectivity index (χ1n) is 21.5. The number of amides is 3. The van der Waals surface area contributed by atoms with E-state index in [4.69, 9.17) is 10.7 Å². The Morgan fingerprint density at radius 1 is 1.02 bits per heavy atom. The highest BCUT2D eigenvalue weighted by Gasteiger charge is 2.53. The Labute approximate surface area is 366 Å². The molecule has 0 spiro atoms. The van der Waals surface area contributed by atoms with E-state index in [1.54, 1.807) is 17.7 Å². The van der Waals surface area contributed by atoms with Gasteiger partial charge in [-0.05, 0) is 81.4 Å². The van der Waals surface area contributed by atoms with Crippen LogP contribution >= 0.6 is 0 Å². The average Bonchev–Trinajstić information content (AvgIpc) is 3.46. The summed E-state index contributed by atoms with van der Waals surface area (Å²) in [5, 5.41) is 23.8. The molecule has 3 atom stereocenters. The largest absolute Gasteiger partial charge is 0.479 e. The molecule has 8 N–H and O–H groups in total. The van der Waals surface area contributed by atoms with Crippen molar-refractivity contribution in [1.29, 1.82) is 0 Å². The number of ketones is 1. The van der Waals surface area contributed by atoms with E-state index in [-0.39, 0.29) is 48.4 Å². The predicted molar refractivity (Wildman–Crippen MR) is 235 cm³/mol. The molecule has 0 radical (unpaired) electrons. The van der Waals surface area contributed by atoms with Crippen LogP contribution in [0.25, 0.3) is 0 Å². The van der Waals surface area contributed by atoms with Crippen molar-refractivity contribution in [2.45, 2.75) is 90.4 Å². The molecule has 1 aromatic heterocycles. The Hall–Kier alpha value is -5.89. The number of aldehydes is 1. The van der Waals surface area contributed by atoms with E-state index in [1.165, 1.54) is 17.9 Å². The number of unbranched alkanes of at least 4 members (excludes halogenated alkanes) is 2. The monoisotopic (exact) mass is 876 g/mol. The summed E-state index contributed by atoms with van der Waals surface area (Å²) in [5.41, 5.74) is 3.93. The van der Waals surface area contributed by atoms with Crippen LogP contribution in [0.15, 0.2) is 54.7 Å². The number of carbonyl (C=O) groups is 6. The van der Waals surface area contributed by atoms with Crippen molar-refractivity contribution in [3.05, 3.63) is 77.4 Å². The number of H-pyrrole nitrogens is 1. The molecule has 5 rings (SSSR count). The highest BCUT2D eigenvalue weighted by Crippen LogP contribution is 2.42. The number of carboxylic acids is 1. The third-order valence-electron chi connectivity index (χ3n) is 11.5. The van der Waals surface area contributed by atoms with Crippen LogP contribution in [0.2, 0.25) is 0 Å². The van der Waals surface area contributed by atoms with Crippen molar-refractivity contribution in [2.24, 2.45) is 11.8 Å². The number of anilines is 3. The van der Waals surface area contributed by atoms with Gasteiger partial charge in [-0.1, -0.05) is 32.4 Å². The summed E-state index contributed by atoms with van der Waals surface area (Å²) < 4.78 is 17.1. The number of rotatable bonds is 24. The number of Topliss-reactive ketones (excluding diaryl/α,β-unsaturated/α-hetero) is 1. The third-order valence-corrected chi connectivity index (χ3v) is 11.5. The molecule has 18 nitrogen and oxygen atoms in total. The number of aliphatic carboxylic acids is 1. The average molecular weight is 877 g/mol. The van der Waals surface area contributed by atoms with Crippen LogP contribution in [0.5, 0.6) is 0 Å². The zero-order chi connectivity index (χ0) is 45.7. The van der Waals surface area contributed by atoms with Gasteiger partial charge in [-0.25, -0.2) is 9.18 Å². The minimum Gasteiger partial charge on any atom is -0.479 e. The number of hydrazine groups is 1. The van der Waals surface area contributed by atoms with Gasteiger partial charge in [0.05, 0.1) is 29.7 Å². The maximum Gasteiger partial charge on any atom is 0.337 e. The molecule has 3 amide bonds. The van der Waals surface area contributed by atoms with Gasteiger partial charge in [-0.2, -0.15) is 5.06 Å². The molecular weight excluding hydrogens is 816 g/mol. The van der Waals surface area contributed by atoms with E-state index in [1.807, 2.05) is 54.3 Å². The molecule has 1 saturated heterocycles. The fourth-order valence-corrected chi connectivity index (χ4v) is 7.90. The number of nitrogens with two attached hydrogens (primary N) is 1. The lowest BCUT2D eigenvalue weighted by atomic mass is 9.95. The first-order valence-corrected chi connectivity index (χ1v) is 21.5. The van der Waals surface area contributed by atoms with E-state index in [0.717, 1.165) is 29.8 Å². The van der Waals surface area contributed by atoms with Crippen molar-refractivity contribution in [1.82, 2.24) is 30.9 Å². The molecule has 3 aromatic rings. The van der Waals surface area contributed by atoms with Crippen LogP contribution in [0, 0.1) is 11.7 Å². The number of likely N-dealkylation sites (N-methyl/N-ethyl adjacent to an activating group) is 1. The summed E-state index contributed by atoms with van der Waals surface area (Å²) in [7, 11) is 0. The zero-order valence-electron chi connectivity index (χ0n) is 36.5. The predicted octanol–water partition coefficient (Wildman–Crippen LogP) is 3.74. The van der Waals surface area contributed by atoms with Crippen LogP contribution in [-0.4, -0.2) is 107 Å². The highest BCUT2D eigenvalue weighted by atomic mass is 19.1. The quantitative estimate of drug-likeness (QED) is 0.0170. The molecule has 0 unspecified atom stereocenters. The molecule has 0 aliphatic carbocycles. The number of aromatic nitrogens is 2. The maximum absolute atomic E-state index is 15.4. The third kappa shape index (κ3) is 12.0. The van der Waals surface area contributed by atoms with Gasteiger partial charge in [0, 0.05) is 75.8 Å². The summed E-state index contributed by atoms with van der Waals surface area (Å²) in [6, 6.07) is 9.24. The van der Waals surface area contributed by atoms with Gasteiger partial charge in [0.25, 0.3) is 0 Å². The Kier molecular flexibility index (Phi) is 17.2. The number of benzene rings is 2. The van der Waals surface area contributed by atoms with E-state index >= 15 is 4.39 Å². The number of carbonyl (C=O) groups excluding carboxylic acids is 5. The van der Waals surface area contributed by atoms with Crippen molar-refractivity contribution in [3.8, 4) is 0 Å². The zero-order valence-corrected chi connectivity index (χ0v) is 36.5. The standard InChI is InChI=1S/C44H61FN10O8/c1-5-54-36-26-37(33(45)25-32(36)41(59)44(54,4)43(61)62)52-20-22-53(23-21-52)63-28-30-14-16-31(17-15-30)49-42(60)35(11-9-19-48-46)55-27-34(51-55)40(29(2)3)50-39(58)12-7-6-8-18-47-38(57)13-10-24-56/h10,13-17,24-27,29,35,40,48,51H,5-9,11-12,18-23,28,46H2,1-4H3,(H,47,57)(H,49,60)(H,50,58)(H,61,62)/b13-10-/t35-,40-,44-/m0/s1. The fourth-order valence-electron chi connectivity index (χ4n) is 7.90. The summed E-state index contributed by atoms with van der Waals surface area (Å²) >= 11 is 0. The van der Waals surface area contributed by atoms with Crippen LogP contribution in [0.3, 0.4) is 0 Å². The van der Waals surface area contributed by atoms with E-state index < -0.39 is 29.2 Å². The Bertz CT molecular complexity index is 2080. The minimum absolute atomic E-state index is 0.0724.